The molecule has 0 aliphatic carbocycles. The molecule has 0 N–H and O–H groups in total. The van der Waals surface area contributed by atoms with Gasteiger partial charge in [-0.3, -0.25) is 9.59 Å². The monoisotopic (exact) mass is 440 g/mol. The molecule has 1 aliphatic heterocycles. The van der Waals surface area contributed by atoms with Crippen molar-refractivity contribution in [3.63, 3.8) is 0 Å². The van der Waals surface area contributed by atoms with Crippen LogP contribution in [0.2, 0.25) is 0 Å². The van der Waals surface area contributed by atoms with Crippen molar-refractivity contribution < 1.29 is 23.1 Å². The van der Waals surface area contributed by atoms with Crippen LogP contribution in [0, 0.1) is 23.0 Å². The number of hydrogen-bond acceptors (Lipinski definition) is 4. The first kappa shape index (κ1) is 23.4. The van der Waals surface area contributed by atoms with Crippen LogP contribution in [-0.2, 0) is 27.8 Å². The number of halogens is 2. The van der Waals surface area contributed by atoms with Gasteiger partial charge >= 0.3 is 0 Å². The number of fused-ring (bicyclic) bond motifs is 1. The highest BCUT2D eigenvalue weighted by atomic mass is 19.1. The second-order valence-corrected chi connectivity index (χ2v) is 8.97. The molecule has 32 heavy (non-hydrogen) atoms. The highest BCUT2D eigenvalue weighted by Crippen LogP contribution is 2.35. The van der Waals surface area contributed by atoms with E-state index >= 15 is 0 Å². The van der Waals surface area contributed by atoms with E-state index in [4.69, 9.17) is 10.00 Å². The van der Waals surface area contributed by atoms with Gasteiger partial charge in [0.1, 0.15) is 29.8 Å². The number of benzene rings is 2. The van der Waals surface area contributed by atoms with Gasteiger partial charge in [-0.2, -0.15) is 5.26 Å². The van der Waals surface area contributed by atoms with E-state index in [1.54, 1.807) is 40.0 Å². The average Bonchev–Trinajstić information content (AvgIpc) is 2.70. The standard InChI is InChI=1S/C25H26F2N2O3/c1-25(2,3)23-19(26)11-15(12-20(23)27)13-21(30)24-18-6-5-17(32-4)14-16(18)8-10-29(24)22(31)7-9-28/h5-6,11-12,14,24H,7-8,10,13H2,1-4H3/t24-/m1/s1. The summed E-state index contributed by atoms with van der Waals surface area (Å²) in [4.78, 5) is 27.3. The predicted molar refractivity (Wildman–Crippen MR) is 115 cm³/mol. The zero-order valence-corrected chi connectivity index (χ0v) is 18.7. The van der Waals surface area contributed by atoms with Crippen molar-refractivity contribution in [2.24, 2.45) is 0 Å². The van der Waals surface area contributed by atoms with Crippen LogP contribution in [-0.4, -0.2) is 30.2 Å². The van der Waals surface area contributed by atoms with E-state index in [2.05, 4.69) is 0 Å². The summed E-state index contributed by atoms with van der Waals surface area (Å²) in [7, 11) is 1.54. The van der Waals surface area contributed by atoms with Gasteiger partial charge in [-0.25, -0.2) is 8.78 Å². The number of nitrogens with zero attached hydrogens (tertiary/aromatic N) is 2. The Hall–Kier alpha value is -3.27. The Morgan fingerprint density at radius 1 is 1.19 bits per heavy atom. The number of ether oxygens (including phenoxy) is 1. The minimum absolute atomic E-state index is 0.0327. The first-order valence-electron chi connectivity index (χ1n) is 10.4. The molecule has 1 aliphatic rings. The van der Waals surface area contributed by atoms with Gasteiger partial charge in [0.05, 0.1) is 13.2 Å². The molecule has 1 amide bonds. The van der Waals surface area contributed by atoms with Crippen LogP contribution >= 0.6 is 0 Å². The van der Waals surface area contributed by atoms with Gasteiger partial charge in [0, 0.05) is 18.5 Å². The number of hydrogen-bond donors (Lipinski definition) is 0. The predicted octanol–water partition coefficient (Wildman–Crippen LogP) is 4.42. The summed E-state index contributed by atoms with van der Waals surface area (Å²) in [6.07, 6.45) is -0.0828. The van der Waals surface area contributed by atoms with Crippen molar-refractivity contribution >= 4 is 11.7 Å². The maximum atomic E-state index is 14.7. The summed E-state index contributed by atoms with van der Waals surface area (Å²) in [6.45, 7) is 5.41. The zero-order valence-electron chi connectivity index (χ0n) is 18.7. The lowest BCUT2D eigenvalue weighted by atomic mass is 9.84. The van der Waals surface area contributed by atoms with Crippen LogP contribution in [0.4, 0.5) is 8.78 Å². The molecule has 0 saturated heterocycles. The number of rotatable bonds is 5. The van der Waals surface area contributed by atoms with Crippen molar-refractivity contribution in [1.82, 2.24) is 4.90 Å². The van der Waals surface area contributed by atoms with E-state index in [1.807, 2.05) is 12.1 Å². The van der Waals surface area contributed by atoms with Crippen LogP contribution < -0.4 is 4.74 Å². The lowest BCUT2D eigenvalue weighted by molar-refractivity contribution is -0.139. The number of carbonyl (C=O) groups is 2. The summed E-state index contributed by atoms with van der Waals surface area (Å²) >= 11 is 0. The quantitative estimate of drug-likeness (QED) is 0.690. The van der Waals surface area contributed by atoms with Crippen molar-refractivity contribution in [2.45, 2.75) is 51.5 Å². The third kappa shape index (κ3) is 4.64. The zero-order chi connectivity index (χ0) is 23.6. The Kier molecular flexibility index (Phi) is 6.63. The second kappa shape index (κ2) is 9.07. The van der Waals surface area contributed by atoms with E-state index in [1.165, 1.54) is 17.0 Å². The summed E-state index contributed by atoms with van der Waals surface area (Å²) in [5, 5.41) is 8.96. The molecule has 0 radical (unpaired) electrons. The minimum atomic E-state index is -0.932. The molecule has 1 atom stereocenters. The van der Waals surface area contributed by atoms with E-state index in [9.17, 15) is 18.4 Å². The number of nitriles is 1. The number of Topliss-reactive ketones (excluding diaryl/α,β-unsaturated/α-hetero) is 1. The van der Waals surface area contributed by atoms with Crippen molar-refractivity contribution in [1.29, 1.82) is 5.26 Å². The number of ketones is 1. The highest BCUT2D eigenvalue weighted by Gasteiger charge is 2.36. The molecule has 2 aromatic rings. The Labute approximate surface area is 186 Å². The van der Waals surface area contributed by atoms with Gasteiger partial charge in [0.2, 0.25) is 5.91 Å². The SMILES string of the molecule is COc1ccc2c(c1)CCN(C(=O)CC#N)[C@H]2C(=O)Cc1cc(F)c(C(C)(C)C)c(F)c1. The van der Waals surface area contributed by atoms with Crippen molar-refractivity contribution in [3.8, 4) is 11.8 Å². The fourth-order valence-corrected chi connectivity index (χ4v) is 4.26. The van der Waals surface area contributed by atoms with Crippen LogP contribution in [0.5, 0.6) is 5.75 Å². The topological polar surface area (TPSA) is 70.4 Å². The summed E-state index contributed by atoms with van der Waals surface area (Å²) in [5.74, 6) is -1.59. The van der Waals surface area contributed by atoms with Gasteiger partial charge in [-0.1, -0.05) is 26.8 Å². The first-order chi connectivity index (χ1) is 15.1. The van der Waals surface area contributed by atoms with Crippen molar-refractivity contribution in [2.75, 3.05) is 13.7 Å². The Morgan fingerprint density at radius 3 is 2.41 bits per heavy atom. The largest absolute Gasteiger partial charge is 0.497 e. The normalized spacial score (nSPS) is 15.7. The molecule has 0 bridgehead atoms. The fraction of sp³-hybridized carbons (Fsp3) is 0.400. The Balaban J connectivity index is 1.98. The molecule has 5 nitrogen and oxygen atoms in total. The maximum Gasteiger partial charge on any atom is 0.237 e. The van der Waals surface area contributed by atoms with Gasteiger partial charge < -0.3 is 9.64 Å². The molecule has 0 spiro atoms. The molecule has 0 unspecified atom stereocenters. The molecule has 0 aromatic heterocycles. The first-order valence-corrected chi connectivity index (χ1v) is 10.4. The fourth-order valence-electron chi connectivity index (χ4n) is 4.26. The third-order valence-corrected chi connectivity index (χ3v) is 5.66. The van der Waals surface area contributed by atoms with Crippen LogP contribution in [0.1, 0.15) is 55.5 Å². The minimum Gasteiger partial charge on any atom is -0.497 e. The second-order valence-electron chi connectivity index (χ2n) is 8.97. The molecule has 7 heteroatoms. The van der Waals surface area contributed by atoms with Gasteiger partial charge in [0.15, 0.2) is 5.78 Å². The van der Waals surface area contributed by atoms with Crippen molar-refractivity contribution in [3.05, 3.63) is 64.2 Å². The molecular weight excluding hydrogens is 414 g/mol. The highest BCUT2D eigenvalue weighted by molar-refractivity contribution is 5.92. The number of amides is 1. The third-order valence-electron chi connectivity index (χ3n) is 5.66. The van der Waals surface area contributed by atoms with Crippen LogP contribution in [0.3, 0.4) is 0 Å². The van der Waals surface area contributed by atoms with Gasteiger partial charge in [0.25, 0.3) is 0 Å². The van der Waals surface area contributed by atoms with E-state index in [0.717, 1.165) is 5.56 Å². The molecule has 1 heterocycles. The molecule has 0 saturated carbocycles. The average molecular weight is 440 g/mol. The smallest absolute Gasteiger partial charge is 0.237 e. The molecule has 3 rings (SSSR count). The lowest BCUT2D eigenvalue weighted by Crippen LogP contribution is -2.43. The van der Waals surface area contributed by atoms with E-state index < -0.39 is 29.0 Å². The van der Waals surface area contributed by atoms with E-state index in [-0.39, 0.29) is 36.3 Å². The Morgan fingerprint density at radius 2 is 1.84 bits per heavy atom. The maximum absolute atomic E-state index is 14.7. The lowest BCUT2D eigenvalue weighted by Gasteiger charge is -2.36. The van der Waals surface area contributed by atoms with Gasteiger partial charge in [-0.05, 0) is 52.8 Å². The summed E-state index contributed by atoms with van der Waals surface area (Å²) < 4.78 is 34.6. The Bertz CT molecular complexity index is 1080. The molecule has 0 fully saturated rings. The number of methoxy groups -OCH3 is 1. The van der Waals surface area contributed by atoms with E-state index in [0.29, 0.717) is 17.7 Å². The van der Waals surface area contributed by atoms with Crippen LogP contribution in [0.15, 0.2) is 30.3 Å². The molecule has 2 aromatic carbocycles. The summed E-state index contributed by atoms with van der Waals surface area (Å²) in [6, 6.07) is 8.51. The summed E-state index contributed by atoms with van der Waals surface area (Å²) in [5.41, 5.74) is 0.948. The van der Waals surface area contributed by atoms with Crippen LogP contribution in [0.25, 0.3) is 0 Å². The molecular formula is C25H26F2N2O3. The van der Waals surface area contributed by atoms with Gasteiger partial charge in [-0.15, -0.1) is 0 Å². The molecule has 168 valence electrons. The number of carbonyl (C=O) groups excluding carboxylic acids is 2.